The molecule has 0 aliphatic heterocycles. The summed E-state index contributed by atoms with van der Waals surface area (Å²) in [5.41, 5.74) is 0.874. The summed E-state index contributed by atoms with van der Waals surface area (Å²) in [6.07, 6.45) is 1.29. The number of rotatable bonds is 11. The highest BCUT2D eigenvalue weighted by atomic mass is 79.9. The molecule has 2 amide bonds. The van der Waals surface area contributed by atoms with Crippen LogP contribution >= 0.6 is 15.9 Å². The number of nitrogens with one attached hydrogen (secondary N) is 1. The van der Waals surface area contributed by atoms with Crippen LogP contribution in [0.15, 0.2) is 65.1 Å². The van der Waals surface area contributed by atoms with Crippen molar-refractivity contribution in [1.82, 2.24) is 10.2 Å². The maximum atomic E-state index is 13.5. The Bertz CT molecular complexity index is 1170. The van der Waals surface area contributed by atoms with Gasteiger partial charge in [-0.1, -0.05) is 56.3 Å². The minimum atomic E-state index is -0.619. The first-order valence-corrected chi connectivity index (χ1v) is 12.7. The van der Waals surface area contributed by atoms with Crippen LogP contribution in [0.2, 0.25) is 0 Å². The Kier molecular flexibility index (Phi) is 9.55. The lowest BCUT2D eigenvalue weighted by Crippen LogP contribution is -2.51. The summed E-state index contributed by atoms with van der Waals surface area (Å²) in [5, 5.41) is 5.10. The molecule has 0 saturated heterocycles. The third-order valence-electron chi connectivity index (χ3n) is 6.05. The summed E-state index contributed by atoms with van der Waals surface area (Å²) in [6, 6.07) is 18.7. The van der Waals surface area contributed by atoms with Crippen LogP contribution in [0, 0.1) is 0 Å². The molecule has 2 atom stereocenters. The van der Waals surface area contributed by atoms with Gasteiger partial charge >= 0.3 is 0 Å². The van der Waals surface area contributed by atoms with Gasteiger partial charge in [0.25, 0.3) is 5.91 Å². The first-order chi connectivity index (χ1) is 16.9. The fraction of sp³-hybridized carbons (Fsp3) is 0.357. The molecule has 186 valence electrons. The van der Waals surface area contributed by atoms with Crippen molar-refractivity contribution in [3.8, 4) is 11.5 Å². The van der Waals surface area contributed by atoms with Crippen molar-refractivity contribution in [1.29, 1.82) is 0 Å². The van der Waals surface area contributed by atoms with Gasteiger partial charge in [-0.25, -0.2) is 0 Å². The van der Waals surface area contributed by atoms with Gasteiger partial charge in [-0.05, 0) is 70.2 Å². The molecule has 0 aliphatic carbocycles. The van der Waals surface area contributed by atoms with Gasteiger partial charge in [0.05, 0.1) is 11.6 Å². The van der Waals surface area contributed by atoms with E-state index in [0.717, 1.165) is 27.2 Å². The molecule has 3 aromatic rings. The van der Waals surface area contributed by atoms with Crippen LogP contribution in [-0.2, 0) is 16.1 Å². The van der Waals surface area contributed by atoms with Crippen molar-refractivity contribution < 1.29 is 19.1 Å². The topological polar surface area (TPSA) is 67.9 Å². The molecule has 0 heterocycles. The smallest absolute Gasteiger partial charge is 0.261 e. The minimum Gasteiger partial charge on any atom is -0.497 e. The molecule has 0 unspecified atom stereocenters. The lowest BCUT2D eigenvalue weighted by Gasteiger charge is -2.31. The standard InChI is InChI=1S/C28H33BrN2O4/c1-5-19(3)30-28(33)24(6-2)31(17-20-10-9-12-22(16-20)34-4)26(32)18-35-25-15-14-21-11-7-8-13-23(21)27(25)29/h7-16,19,24H,5-6,17-18H2,1-4H3,(H,30,33)/t19-,24-/m0/s1. The SMILES string of the molecule is CC[C@H](C)NC(=O)[C@H](CC)N(Cc1cccc(OC)c1)C(=O)COc1ccc2ccccc2c1Br. The molecule has 1 N–H and O–H groups in total. The zero-order chi connectivity index (χ0) is 25.4. The van der Waals surface area contributed by atoms with Gasteiger partial charge in [0.1, 0.15) is 17.5 Å². The van der Waals surface area contributed by atoms with Crippen LogP contribution in [0.5, 0.6) is 11.5 Å². The Hall–Kier alpha value is -3.06. The molecule has 3 rings (SSSR count). The van der Waals surface area contributed by atoms with Crippen molar-refractivity contribution in [2.24, 2.45) is 0 Å². The second kappa shape index (κ2) is 12.6. The number of carbonyl (C=O) groups excluding carboxylic acids is 2. The second-order valence-electron chi connectivity index (χ2n) is 8.50. The van der Waals surface area contributed by atoms with Crippen molar-refractivity contribution in [2.75, 3.05) is 13.7 Å². The van der Waals surface area contributed by atoms with Gasteiger partial charge in [0.2, 0.25) is 5.91 Å². The number of hydrogen-bond donors (Lipinski definition) is 1. The first kappa shape index (κ1) is 26.5. The molecule has 3 aromatic carbocycles. The summed E-state index contributed by atoms with van der Waals surface area (Å²) < 4.78 is 12.1. The van der Waals surface area contributed by atoms with E-state index in [4.69, 9.17) is 9.47 Å². The normalized spacial score (nSPS) is 12.6. The zero-order valence-corrected chi connectivity index (χ0v) is 22.3. The van der Waals surface area contributed by atoms with Crippen LogP contribution in [0.3, 0.4) is 0 Å². The van der Waals surface area contributed by atoms with E-state index in [1.807, 2.05) is 81.4 Å². The van der Waals surface area contributed by atoms with Gasteiger partial charge in [0, 0.05) is 12.6 Å². The number of ether oxygens (including phenoxy) is 2. The van der Waals surface area contributed by atoms with Crippen LogP contribution in [0.4, 0.5) is 0 Å². The molecule has 35 heavy (non-hydrogen) atoms. The van der Waals surface area contributed by atoms with E-state index in [-0.39, 0.29) is 31.0 Å². The molecule has 0 aliphatic rings. The molecule has 0 saturated carbocycles. The van der Waals surface area contributed by atoms with Crippen LogP contribution < -0.4 is 14.8 Å². The monoisotopic (exact) mass is 540 g/mol. The summed E-state index contributed by atoms with van der Waals surface area (Å²) >= 11 is 3.61. The van der Waals surface area contributed by atoms with Crippen molar-refractivity contribution in [2.45, 2.75) is 52.2 Å². The number of methoxy groups -OCH3 is 1. The fourth-order valence-electron chi connectivity index (χ4n) is 3.88. The molecule has 0 radical (unpaired) electrons. The van der Waals surface area contributed by atoms with E-state index in [9.17, 15) is 9.59 Å². The van der Waals surface area contributed by atoms with E-state index in [2.05, 4.69) is 21.2 Å². The molecular weight excluding hydrogens is 508 g/mol. The van der Waals surface area contributed by atoms with Gasteiger partial charge in [-0.2, -0.15) is 0 Å². The van der Waals surface area contributed by atoms with Crippen LogP contribution in [0.25, 0.3) is 10.8 Å². The number of amides is 2. The highest BCUT2D eigenvalue weighted by Gasteiger charge is 2.29. The van der Waals surface area contributed by atoms with E-state index in [0.29, 0.717) is 17.9 Å². The third kappa shape index (κ3) is 6.75. The summed E-state index contributed by atoms with van der Waals surface area (Å²) in [7, 11) is 1.60. The number of fused-ring (bicyclic) bond motifs is 1. The Labute approximate surface area is 215 Å². The second-order valence-corrected chi connectivity index (χ2v) is 9.30. The molecular formula is C28H33BrN2O4. The van der Waals surface area contributed by atoms with Crippen LogP contribution in [0.1, 0.15) is 39.2 Å². The number of halogens is 1. The molecule has 0 bridgehead atoms. The maximum absolute atomic E-state index is 13.5. The molecule has 6 nitrogen and oxygen atoms in total. The Morgan fingerprint density at radius 1 is 1.03 bits per heavy atom. The van der Waals surface area contributed by atoms with Crippen molar-refractivity contribution in [3.05, 3.63) is 70.7 Å². The Balaban J connectivity index is 1.84. The fourth-order valence-corrected chi connectivity index (χ4v) is 4.48. The first-order valence-electron chi connectivity index (χ1n) is 11.9. The number of carbonyl (C=O) groups is 2. The Morgan fingerprint density at radius 2 is 1.80 bits per heavy atom. The summed E-state index contributed by atoms with van der Waals surface area (Å²) in [5.74, 6) is 0.850. The van der Waals surface area contributed by atoms with E-state index in [1.54, 1.807) is 12.0 Å². The Morgan fingerprint density at radius 3 is 2.51 bits per heavy atom. The average molecular weight is 541 g/mol. The maximum Gasteiger partial charge on any atom is 0.261 e. The predicted octanol–water partition coefficient (Wildman–Crippen LogP) is 5.71. The van der Waals surface area contributed by atoms with E-state index >= 15 is 0 Å². The van der Waals surface area contributed by atoms with E-state index in [1.165, 1.54) is 0 Å². The lowest BCUT2D eigenvalue weighted by molar-refractivity contribution is -0.143. The molecule has 0 aromatic heterocycles. The van der Waals surface area contributed by atoms with Gasteiger partial charge in [-0.3, -0.25) is 9.59 Å². The largest absolute Gasteiger partial charge is 0.497 e. The third-order valence-corrected chi connectivity index (χ3v) is 6.87. The highest BCUT2D eigenvalue weighted by molar-refractivity contribution is 9.10. The van der Waals surface area contributed by atoms with E-state index < -0.39 is 6.04 Å². The lowest BCUT2D eigenvalue weighted by atomic mass is 10.1. The summed E-state index contributed by atoms with van der Waals surface area (Å²) in [6.45, 7) is 5.96. The molecule has 0 fully saturated rings. The number of nitrogens with zero attached hydrogens (tertiary/aromatic N) is 1. The summed E-state index contributed by atoms with van der Waals surface area (Å²) in [4.78, 5) is 28.2. The highest BCUT2D eigenvalue weighted by Crippen LogP contribution is 2.33. The van der Waals surface area contributed by atoms with Crippen LogP contribution in [-0.4, -0.2) is 42.5 Å². The van der Waals surface area contributed by atoms with Gasteiger partial charge in [-0.15, -0.1) is 0 Å². The number of benzene rings is 3. The van der Waals surface area contributed by atoms with Crippen molar-refractivity contribution in [3.63, 3.8) is 0 Å². The number of hydrogen-bond acceptors (Lipinski definition) is 4. The molecule has 7 heteroatoms. The quantitative estimate of drug-likeness (QED) is 0.338. The minimum absolute atomic E-state index is 0.0233. The predicted molar refractivity (Wildman–Crippen MR) is 143 cm³/mol. The van der Waals surface area contributed by atoms with Gasteiger partial charge < -0.3 is 19.7 Å². The van der Waals surface area contributed by atoms with Gasteiger partial charge in [0.15, 0.2) is 6.61 Å². The van der Waals surface area contributed by atoms with Crippen molar-refractivity contribution >= 4 is 38.5 Å². The molecule has 0 spiro atoms. The zero-order valence-electron chi connectivity index (χ0n) is 20.7. The average Bonchev–Trinajstić information content (AvgIpc) is 2.88.